The molecule has 4 heteroatoms. The fraction of sp³-hybridized carbons (Fsp3) is 0.947. The molecule has 0 aromatic rings. The van der Waals surface area contributed by atoms with Crippen LogP contribution in [-0.2, 0) is 4.79 Å². The van der Waals surface area contributed by atoms with Crippen LogP contribution in [-0.4, -0.2) is 39.4 Å². The second kappa shape index (κ2) is 5.03. The van der Waals surface area contributed by atoms with Crippen LogP contribution in [0.15, 0.2) is 0 Å². The van der Waals surface area contributed by atoms with Crippen molar-refractivity contribution in [1.82, 2.24) is 0 Å². The average Bonchev–Trinajstić information content (AvgIpc) is 2.78. The third kappa shape index (κ3) is 2.04. The molecular formula is C19H30O4. The molecule has 23 heavy (non-hydrogen) atoms. The minimum absolute atomic E-state index is 0.0303. The Morgan fingerprint density at radius 3 is 2.39 bits per heavy atom. The number of carbonyl (C=O) groups excluding carboxylic acids is 1. The average molecular weight is 322 g/mol. The van der Waals surface area contributed by atoms with Gasteiger partial charge in [0.1, 0.15) is 5.78 Å². The van der Waals surface area contributed by atoms with Crippen LogP contribution in [0.5, 0.6) is 0 Å². The van der Waals surface area contributed by atoms with Gasteiger partial charge >= 0.3 is 0 Å². The minimum Gasteiger partial charge on any atom is -0.393 e. The summed E-state index contributed by atoms with van der Waals surface area (Å²) >= 11 is 0. The van der Waals surface area contributed by atoms with E-state index >= 15 is 0 Å². The first kappa shape index (κ1) is 16.0. The molecule has 0 spiro atoms. The third-order valence-corrected chi connectivity index (χ3v) is 8.43. The second-order valence-electron chi connectivity index (χ2n) is 9.32. The van der Waals surface area contributed by atoms with Crippen molar-refractivity contribution in [2.45, 2.75) is 77.1 Å². The van der Waals surface area contributed by atoms with Gasteiger partial charge in [-0.05, 0) is 67.1 Å². The van der Waals surface area contributed by atoms with Gasteiger partial charge in [0, 0.05) is 12.3 Å². The Morgan fingerprint density at radius 1 is 0.957 bits per heavy atom. The molecule has 0 amide bonds. The molecule has 0 aromatic carbocycles. The summed E-state index contributed by atoms with van der Waals surface area (Å²) in [6.45, 7) is 4.39. The fourth-order valence-corrected chi connectivity index (χ4v) is 7.04. The molecule has 0 aromatic heterocycles. The lowest BCUT2D eigenvalue weighted by atomic mass is 9.44. The van der Waals surface area contributed by atoms with Crippen molar-refractivity contribution in [1.29, 1.82) is 0 Å². The molecule has 4 aliphatic rings. The van der Waals surface area contributed by atoms with Gasteiger partial charge in [0.2, 0.25) is 0 Å². The lowest BCUT2D eigenvalue weighted by Gasteiger charge is -2.60. The molecule has 130 valence electrons. The summed E-state index contributed by atoms with van der Waals surface area (Å²) in [5.74, 6) is 1.41. The number of aliphatic hydroxyl groups excluding tert-OH is 3. The predicted molar refractivity (Wildman–Crippen MR) is 85.5 cm³/mol. The van der Waals surface area contributed by atoms with Gasteiger partial charge in [0.05, 0.1) is 18.3 Å². The normalized spacial score (nSPS) is 59.2. The van der Waals surface area contributed by atoms with Gasteiger partial charge in [-0.15, -0.1) is 0 Å². The molecule has 0 radical (unpaired) electrons. The number of Topliss-reactive ketones (excluding diaryl/α,β-unsaturated/α-hetero) is 1. The molecule has 0 heterocycles. The van der Waals surface area contributed by atoms with Crippen molar-refractivity contribution in [2.24, 2.45) is 34.5 Å². The molecular weight excluding hydrogens is 292 g/mol. The number of carbonyl (C=O) groups is 1. The van der Waals surface area contributed by atoms with Crippen LogP contribution in [0, 0.1) is 34.5 Å². The van der Waals surface area contributed by atoms with Gasteiger partial charge in [0.15, 0.2) is 0 Å². The van der Waals surface area contributed by atoms with E-state index in [2.05, 4.69) is 13.8 Å². The maximum absolute atomic E-state index is 12.9. The quantitative estimate of drug-likeness (QED) is 0.636. The van der Waals surface area contributed by atoms with E-state index in [4.69, 9.17) is 0 Å². The molecule has 4 aliphatic carbocycles. The zero-order valence-electron chi connectivity index (χ0n) is 14.2. The molecule has 4 saturated carbocycles. The highest BCUT2D eigenvalue weighted by Crippen LogP contribution is 2.65. The standard InChI is InChI=1S/C19H30O4/c1-18-6-5-12-10(11(18)3-4-17(18)23)7-14(20)13-8-15(21)16(22)9-19(12,13)2/h10-13,15-17,21-23H,3-9H2,1-2H3/t10-,11-,12-,13+,15-,16+,17-,18-,19+/m0/s1. The van der Waals surface area contributed by atoms with E-state index in [-0.39, 0.29) is 28.6 Å². The summed E-state index contributed by atoms with van der Waals surface area (Å²) in [6.07, 6.45) is 3.84. The van der Waals surface area contributed by atoms with Crippen LogP contribution < -0.4 is 0 Å². The highest BCUT2D eigenvalue weighted by Gasteiger charge is 2.62. The van der Waals surface area contributed by atoms with Crippen LogP contribution in [0.2, 0.25) is 0 Å². The maximum atomic E-state index is 12.9. The Kier molecular flexibility index (Phi) is 3.51. The smallest absolute Gasteiger partial charge is 0.136 e. The summed E-state index contributed by atoms with van der Waals surface area (Å²) in [6, 6.07) is 0. The first-order valence-electron chi connectivity index (χ1n) is 9.34. The van der Waals surface area contributed by atoms with Gasteiger partial charge in [-0.25, -0.2) is 0 Å². The van der Waals surface area contributed by atoms with Crippen molar-refractivity contribution in [3.05, 3.63) is 0 Å². The topological polar surface area (TPSA) is 77.8 Å². The molecule has 3 N–H and O–H groups in total. The highest BCUT2D eigenvalue weighted by molar-refractivity contribution is 5.83. The summed E-state index contributed by atoms with van der Waals surface area (Å²) in [5.41, 5.74) is -0.217. The van der Waals surface area contributed by atoms with Gasteiger partial charge in [-0.1, -0.05) is 13.8 Å². The number of ketones is 1. The van der Waals surface area contributed by atoms with Gasteiger partial charge in [-0.3, -0.25) is 4.79 Å². The Hall–Kier alpha value is -0.450. The number of aliphatic hydroxyl groups is 3. The van der Waals surface area contributed by atoms with Crippen LogP contribution in [0.3, 0.4) is 0 Å². The van der Waals surface area contributed by atoms with Crippen LogP contribution in [0.1, 0.15) is 58.8 Å². The second-order valence-corrected chi connectivity index (χ2v) is 9.32. The maximum Gasteiger partial charge on any atom is 0.136 e. The molecule has 4 rings (SSSR count). The first-order valence-corrected chi connectivity index (χ1v) is 9.34. The van der Waals surface area contributed by atoms with E-state index < -0.39 is 12.2 Å². The van der Waals surface area contributed by atoms with Crippen LogP contribution >= 0.6 is 0 Å². The highest BCUT2D eigenvalue weighted by atomic mass is 16.3. The molecule has 9 atom stereocenters. The zero-order chi connectivity index (χ0) is 16.6. The van der Waals surface area contributed by atoms with Crippen molar-refractivity contribution in [3.8, 4) is 0 Å². The van der Waals surface area contributed by atoms with E-state index in [1.165, 1.54) is 0 Å². The fourth-order valence-electron chi connectivity index (χ4n) is 7.04. The Morgan fingerprint density at radius 2 is 1.65 bits per heavy atom. The van der Waals surface area contributed by atoms with E-state index in [1.54, 1.807) is 0 Å². The van der Waals surface area contributed by atoms with Gasteiger partial charge < -0.3 is 15.3 Å². The van der Waals surface area contributed by atoms with E-state index in [1.807, 2.05) is 0 Å². The summed E-state index contributed by atoms with van der Waals surface area (Å²) in [4.78, 5) is 12.9. The largest absolute Gasteiger partial charge is 0.393 e. The lowest BCUT2D eigenvalue weighted by molar-refractivity contribution is -0.174. The Balaban J connectivity index is 1.69. The zero-order valence-corrected chi connectivity index (χ0v) is 14.2. The molecule has 4 fully saturated rings. The number of fused-ring (bicyclic) bond motifs is 5. The van der Waals surface area contributed by atoms with Crippen molar-refractivity contribution >= 4 is 5.78 Å². The molecule has 0 bridgehead atoms. The van der Waals surface area contributed by atoms with Gasteiger partial charge in [0.25, 0.3) is 0 Å². The van der Waals surface area contributed by atoms with Crippen LogP contribution in [0.4, 0.5) is 0 Å². The van der Waals surface area contributed by atoms with Crippen molar-refractivity contribution in [3.63, 3.8) is 0 Å². The Labute approximate surface area is 138 Å². The van der Waals surface area contributed by atoms with E-state index in [0.29, 0.717) is 37.0 Å². The minimum atomic E-state index is -0.754. The molecule has 0 saturated heterocycles. The summed E-state index contributed by atoms with van der Waals surface area (Å²) in [7, 11) is 0. The number of hydrogen-bond acceptors (Lipinski definition) is 4. The molecule has 4 nitrogen and oxygen atoms in total. The van der Waals surface area contributed by atoms with Crippen molar-refractivity contribution in [2.75, 3.05) is 0 Å². The van der Waals surface area contributed by atoms with Crippen molar-refractivity contribution < 1.29 is 20.1 Å². The molecule has 0 aliphatic heterocycles. The monoisotopic (exact) mass is 322 g/mol. The summed E-state index contributed by atoms with van der Waals surface area (Å²) < 4.78 is 0. The molecule has 0 unspecified atom stereocenters. The predicted octanol–water partition coefficient (Wildman–Crippen LogP) is 1.90. The SMILES string of the molecule is C[C@]12C[C@@H](O)[C@@H](O)C[C@@H]1C(=O)C[C@@H]1[C@@H]2CC[C@]2(C)[C@@H](O)CC[C@@H]12. The van der Waals surface area contributed by atoms with Crippen LogP contribution in [0.25, 0.3) is 0 Å². The van der Waals surface area contributed by atoms with E-state index in [9.17, 15) is 20.1 Å². The number of hydrogen-bond donors (Lipinski definition) is 3. The lowest BCUT2D eigenvalue weighted by Crippen LogP contribution is -2.59. The summed E-state index contributed by atoms with van der Waals surface area (Å²) in [5, 5.41) is 30.7. The third-order valence-electron chi connectivity index (χ3n) is 8.43. The van der Waals surface area contributed by atoms with E-state index in [0.717, 1.165) is 25.7 Å². The first-order chi connectivity index (χ1) is 10.8. The van der Waals surface area contributed by atoms with Gasteiger partial charge in [-0.2, -0.15) is 0 Å². The number of rotatable bonds is 0. The Bertz CT molecular complexity index is 519.